The standard InChI is InChI=1S/C15H26N2O2/c1-15(2)9-7-8-10(15)12(14(19)17(5)6)11(9)13(18)16(3)4/h9-12H,7-8H2,1-6H3. The van der Waals surface area contributed by atoms with Crippen LogP contribution in [-0.4, -0.2) is 49.8 Å². The third-order valence-electron chi connectivity index (χ3n) is 5.41. The topological polar surface area (TPSA) is 40.6 Å². The fourth-order valence-corrected chi connectivity index (χ4v) is 4.41. The van der Waals surface area contributed by atoms with E-state index < -0.39 is 0 Å². The molecule has 0 saturated heterocycles. The van der Waals surface area contributed by atoms with Crippen LogP contribution in [0.3, 0.4) is 0 Å². The molecule has 0 radical (unpaired) electrons. The van der Waals surface area contributed by atoms with Gasteiger partial charge in [-0.05, 0) is 30.1 Å². The lowest BCUT2D eigenvalue weighted by molar-refractivity contribution is -0.146. The molecule has 2 bridgehead atoms. The van der Waals surface area contributed by atoms with E-state index in [0.717, 1.165) is 12.8 Å². The quantitative estimate of drug-likeness (QED) is 0.759. The van der Waals surface area contributed by atoms with Gasteiger partial charge in [-0.25, -0.2) is 0 Å². The Balaban J connectivity index is 2.39. The summed E-state index contributed by atoms with van der Waals surface area (Å²) in [6.07, 6.45) is 2.16. The van der Waals surface area contributed by atoms with Gasteiger partial charge in [-0.2, -0.15) is 0 Å². The average molecular weight is 266 g/mol. The number of hydrogen-bond acceptors (Lipinski definition) is 2. The van der Waals surface area contributed by atoms with Crippen LogP contribution in [0.25, 0.3) is 0 Å². The number of rotatable bonds is 2. The lowest BCUT2D eigenvalue weighted by Gasteiger charge is -2.32. The van der Waals surface area contributed by atoms with Crippen LogP contribution in [0.5, 0.6) is 0 Å². The lowest BCUT2D eigenvalue weighted by Crippen LogP contribution is -2.44. The Labute approximate surface area is 116 Å². The number of nitrogens with zero attached hydrogens (tertiary/aromatic N) is 2. The Morgan fingerprint density at radius 3 is 1.42 bits per heavy atom. The van der Waals surface area contributed by atoms with Crippen LogP contribution < -0.4 is 0 Å². The molecule has 2 amide bonds. The zero-order valence-corrected chi connectivity index (χ0v) is 12.9. The zero-order chi connectivity index (χ0) is 14.5. The molecule has 2 saturated carbocycles. The summed E-state index contributed by atoms with van der Waals surface area (Å²) in [5.41, 5.74) is 0.104. The van der Waals surface area contributed by atoms with Crippen molar-refractivity contribution in [1.29, 1.82) is 0 Å². The van der Waals surface area contributed by atoms with E-state index in [9.17, 15) is 9.59 Å². The summed E-state index contributed by atoms with van der Waals surface area (Å²) in [5, 5.41) is 0. The van der Waals surface area contributed by atoms with Crippen LogP contribution in [0.2, 0.25) is 0 Å². The average Bonchev–Trinajstić information content (AvgIpc) is 2.73. The van der Waals surface area contributed by atoms with Gasteiger partial charge >= 0.3 is 0 Å². The van der Waals surface area contributed by atoms with Crippen molar-refractivity contribution >= 4 is 11.8 Å². The molecular weight excluding hydrogens is 240 g/mol. The second kappa shape index (κ2) is 4.50. The molecule has 4 atom stereocenters. The summed E-state index contributed by atoms with van der Waals surface area (Å²) in [4.78, 5) is 28.3. The first-order chi connectivity index (χ1) is 8.69. The molecule has 108 valence electrons. The van der Waals surface area contributed by atoms with Gasteiger partial charge < -0.3 is 9.80 Å². The predicted molar refractivity (Wildman–Crippen MR) is 74.4 cm³/mol. The van der Waals surface area contributed by atoms with E-state index >= 15 is 0 Å². The number of carbonyl (C=O) groups is 2. The maximum atomic E-state index is 12.5. The Bertz CT molecular complexity index is 365. The molecule has 2 aliphatic rings. The number of fused-ring (bicyclic) bond motifs is 2. The highest BCUT2D eigenvalue weighted by Gasteiger charge is 2.63. The van der Waals surface area contributed by atoms with Crippen LogP contribution in [0.15, 0.2) is 0 Å². The van der Waals surface area contributed by atoms with Crippen molar-refractivity contribution < 1.29 is 9.59 Å². The molecule has 2 fully saturated rings. The molecule has 0 heterocycles. The third kappa shape index (κ3) is 1.96. The van der Waals surface area contributed by atoms with Crippen molar-refractivity contribution in [2.24, 2.45) is 29.1 Å². The second-order valence-electron chi connectivity index (χ2n) is 7.13. The van der Waals surface area contributed by atoms with Gasteiger partial charge in [0, 0.05) is 28.2 Å². The largest absolute Gasteiger partial charge is 0.349 e. The van der Waals surface area contributed by atoms with Crippen molar-refractivity contribution in [2.75, 3.05) is 28.2 Å². The van der Waals surface area contributed by atoms with Gasteiger partial charge in [0.15, 0.2) is 0 Å². The number of hydrogen-bond donors (Lipinski definition) is 0. The van der Waals surface area contributed by atoms with Gasteiger partial charge in [0.2, 0.25) is 11.8 Å². The van der Waals surface area contributed by atoms with Crippen LogP contribution in [0.4, 0.5) is 0 Å². The summed E-state index contributed by atoms with van der Waals surface area (Å²) in [6.45, 7) is 4.46. The fourth-order valence-electron chi connectivity index (χ4n) is 4.41. The van der Waals surface area contributed by atoms with Gasteiger partial charge in [-0.15, -0.1) is 0 Å². The minimum Gasteiger partial charge on any atom is -0.349 e. The van der Waals surface area contributed by atoms with Gasteiger partial charge in [-0.1, -0.05) is 13.8 Å². The van der Waals surface area contributed by atoms with Gasteiger partial charge in [0.05, 0.1) is 11.8 Å². The van der Waals surface area contributed by atoms with E-state index in [1.54, 1.807) is 38.0 Å². The van der Waals surface area contributed by atoms with Crippen molar-refractivity contribution in [1.82, 2.24) is 9.80 Å². The summed E-state index contributed by atoms with van der Waals surface area (Å²) >= 11 is 0. The van der Waals surface area contributed by atoms with Crippen LogP contribution in [0, 0.1) is 29.1 Å². The molecule has 0 aromatic carbocycles. The van der Waals surface area contributed by atoms with Crippen molar-refractivity contribution in [3.8, 4) is 0 Å². The molecule has 2 rings (SSSR count). The fraction of sp³-hybridized carbons (Fsp3) is 0.867. The summed E-state index contributed by atoms with van der Waals surface area (Å²) in [6, 6.07) is 0. The highest BCUT2D eigenvalue weighted by Crippen LogP contribution is 2.63. The minimum atomic E-state index is -0.126. The summed E-state index contributed by atoms with van der Waals surface area (Å²) < 4.78 is 0. The van der Waals surface area contributed by atoms with E-state index in [2.05, 4.69) is 13.8 Å². The predicted octanol–water partition coefficient (Wildman–Crippen LogP) is 1.46. The lowest BCUT2D eigenvalue weighted by atomic mass is 9.77. The van der Waals surface area contributed by atoms with Gasteiger partial charge in [0.1, 0.15) is 0 Å². The highest BCUT2D eigenvalue weighted by atomic mass is 16.2. The van der Waals surface area contributed by atoms with E-state index in [0.29, 0.717) is 11.8 Å². The van der Waals surface area contributed by atoms with Crippen molar-refractivity contribution in [2.45, 2.75) is 26.7 Å². The molecule has 0 aromatic heterocycles. The normalized spacial score (nSPS) is 35.3. The van der Waals surface area contributed by atoms with E-state index in [1.807, 2.05) is 0 Å². The summed E-state index contributed by atoms with van der Waals surface area (Å²) in [5.74, 6) is 0.695. The van der Waals surface area contributed by atoms with Crippen LogP contribution >= 0.6 is 0 Å². The Hall–Kier alpha value is -1.06. The number of carbonyl (C=O) groups excluding carboxylic acids is 2. The monoisotopic (exact) mass is 266 g/mol. The van der Waals surface area contributed by atoms with Crippen molar-refractivity contribution in [3.05, 3.63) is 0 Å². The Morgan fingerprint density at radius 2 is 1.16 bits per heavy atom. The highest BCUT2D eigenvalue weighted by molar-refractivity contribution is 5.89. The molecule has 0 aliphatic heterocycles. The van der Waals surface area contributed by atoms with Gasteiger partial charge in [-0.3, -0.25) is 9.59 Å². The SMILES string of the molecule is CN(C)C(=O)C1C(C(=O)N(C)C)C2CCC1C2(C)C. The molecule has 0 aromatic rings. The Morgan fingerprint density at radius 1 is 0.842 bits per heavy atom. The Kier molecular flexibility index (Phi) is 3.40. The molecule has 4 nitrogen and oxygen atoms in total. The van der Waals surface area contributed by atoms with E-state index in [1.165, 1.54) is 0 Å². The molecule has 0 spiro atoms. The second-order valence-corrected chi connectivity index (χ2v) is 7.13. The molecule has 4 unspecified atom stereocenters. The molecule has 2 aliphatic carbocycles. The number of amides is 2. The first-order valence-electron chi connectivity index (χ1n) is 7.12. The maximum absolute atomic E-state index is 12.5. The van der Waals surface area contributed by atoms with Gasteiger partial charge in [0.25, 0.3) is 0 Å². The van der Waals surface area contributed by atoms with Crippen molar-refractivity contribution in [3.63, 3.8) is 0 Å². The third-order valence-corrected chi connectivity index (χ3v) is 5.41. The van der Waals surface area contributed by atoms with Crippen LogP contribution in [0.1, 0.15) is 26.7 Å². The first-order valence-corrected chi connectivity index (χ1v) is 7.12. The maximum Gasteiger partial charge on any atom is 0.226 e. The van der Waals surface area contributed by atoms with E-state index in [4.69, 9.17) is 0 Å². The van der Waals surface area contributed by atoms with E-state index in [-0.39, 0.29) is 29.1 Å². The molecule has 4 heteroatoms. The molecular formula is C15H26N2O2. The smallest absolute Gasteiger partial charge is 0.226 e. The van der Waals surface area contributed by atoms with Crippen LogP contribution in [-0.2, 0) is 9.59 Å². The molecule has 19 heavy (non-hydrogen) atoms. The molecule has 0 N–H and O–H groups in total. The zero-order valence-electron chi connectivity index (χ0n) is 12.9. The first kappa shape index (κ1) is 14.4. The summed E-state index contributed by atoms with van der Waals surface area (Å²) in [7, 11) is 7.16. The minimum absolute atomic E-state index is 0.104.